The minimum atomic E-state index is -0.539. The molecule has 0 radical (unpaired) electrons. The van der Waals surface area contributed by atoms with Crippen molar-refractivity contribution in [2.45, 2.75) is 32.7 Å². The minimum Gasteiger partial charge on any atom is -0.348 e. The fourth-order valence-electron chi connectivity index (χ4n) is 4.62. The summed E-state index contributed by atoms with van der Waals surface area (Å²) in [5.41, 5.74) is 5.56. The van der Waals surface area contributed by atoms with E-state index in [1.807, 2.05) is 19.1 Å². The van der Waals surface area contributed by atoms with E-state index in [1.165, 1.54) is 24.3 Å². The van der Waals surface area contributed by atoms with Crippen molar-refractivity contribution in [3.05, 3.63) is 105 Å². The smallest absolute Gasteiger partial charge is 0.252 e. The molecule has 0 atom stereocenters. The van der Waals surface area contributed by atoms with Crippen LogP contribution >= 0.6 is 11.6 Å². The van der Waals surface area contributed by atoms with E-state index >= 15 is 4.39 Å². The number of hydrogen-bond donors (Lipinski definition) is 1. The lowest BCUT2D eigenvalue weighted by Gasteiger charge is -2.13. The van der Waals surface area contributed by atoms with Crippen LogP contribution in [0.25, 0.3) is 11.1 Å². The molecule has 0 spiro atoms. The predicted molar refractivity (Wildman–Crippen MR) is 132 cm³/mol. The maximum Gasteiger partial charge on any atom is 0.252 e. The second-order valence-corrected chi connectivity index (χ2v) is 9.24. The van der Waals surface area contributed by atoms with E-state index in [0.717, 1.165) is 22.4 Å². The van der Waals surface area contributed by atoms with Gasteiger partial charge in [0.25, 0.3) is 5.91 Å². The van der Waals surface area contributed by atoms with Gasteiger partial charge in [-0.3, -0.25) is 14.6 Å². The molecule has 3 aromatic rings. The second kappa shape index (κ2) is 9.19. The standard InChI is InChI=1S/C28H21ClF2N2O2/c1-15-9-26(32-13-15)20-8-7-18(22-14-33-28(35)27(20)22)19-6-5-16(11-25(19)31)10-17(34)12-21-23(29)3-2-4-24(21)30/h2-8,11,13H,9-10,12,14H2,1H3,(H,33,35). The van der Waals surface area contributed by atoms with E-state index in [1.54, 1.807) is 18.3 Å². The van der Waals surface area contributed by atoms with Crippen LogP contribution < -0.4 is 5.32 Å². The van der Waals surface area contributed by atoms with Crippen molar-refractivity contribution in [2.24, 2.45) is 4.99 Å². The zero-order valence-corrected chi connectivity index (χ0v) is 19.7. The second-order valence-electron chi connectivity index (χ2n) is 8.83. The van der Waals surface area contributed by atoms with Gasteiger partial charge in [0.05, 0.1) is 11.3 Å². The molecule has 35 heavy (non-hydrogen) atoms. The fourth-order valence-corrected chi connectivity index (χ4v) is 4.85. The lowest BCUT2D eigenvalue weighted by Crippen LogP contribution is -2.15. The van der Waals surface area contributed by atoms with Gasteiger partial charge in [-0.1, -0.05) is 41.9 Å². The number of nitrogens with one attached hydrogen (secondary N) is 1. The number of nitrogens with zero attached hydrogens (tertiary/aromatic N) is 1. The topological polar surface area (TPSA) is 58.5 Å². The number of carbonyl (C=O) groups is 2. The monoisotopic (exact) mass is 490 g/mol. The Kier molecular flexibility index (Phi) is 6.07. The van der Waals surface area contributed by atoms with Gasteiger partial charge in [0.15, 0.2) is 0 Å². The first kappa shape index (κ1) is 23.1. The van der Waals surface area contributed by atoms with Crippen molar-refractivity contribution in [1.29, 1.82) is 0 Å². The summed E-state index contributed by atoms with van der Waals surface area (Å²) in [6, 6.07) is 12.5. The summed E-state index contributed by atoms with van der Waals surface area (Å²) in [4.78, 5) is 29.6. The molecule has 0 saturated carbocycles. The zero-order valence-electron chi connectivity index (χ0n) is 18.9. The van der Waals surface area contributed by atoms with Crippen LogP contribution in [0.15, 0.2) is 65.3 Å². The highest BCUT2D eigenvalue weighted by atomic mass is 35.5. The van der Waals surface area contributed by atoms with Crippen LogP contribution in [0.2, 0.25) is 5.02 Å². The summed E-state index contributed by atoms with van der Waals surface area (Å²) in [6.45, 7) is 2.29. The molecular formula is C28H21ClF2N2O2. The number of hydrogen-bond acceptors (Lipinski definition) is 3. The Morgan fingerprint density at radius 3 is 2.51 bits per heavy atom. The van der Waals surface area contributed by atoms with Gasteiger partial charge in [-0.15, -0.1) is 0 Å². The van der Waals surface area contributed by atoms with Crippen LogP contribution in [-0.4, -0.2) is 17.4 Å². The van der Waals surface area contributed by atoms with Crippen LogP contribution in [0, 0.1) is 11.6 Å². The van der Waals surface area contributed by atoms with Crippen LogP contribution in [0.5, 0.6) is 0 Å². The summed E-state index contributed by atoms with van der Waals surface area (Å²) in [7, 11) is 0. The van der Waals surface area contributed by atoms with Crippen molar-refractivity contribution in [3.8, 4) is 11.1 Å². The number of amides is 1. The van der Waals surface area contributed by atoms with Gasteiger partial charge >= 0.3 is 0 Å². The molecule has 176 valence electrons. The van der Waals surface area contributed by atoms with Gasteiger partial charge in [-0.2, -0.15) is 0 Å². The molecule has 0 aliphatic carbocycles. The number of ketones is 1. The molecule has 1 amide bonds. The summed E-state index contributed by atoms with van der Waals surface area (Å²) < 4.78 is 29.2. The molecule has 3 aromatic carbocycles. The molecule has 0 aromatic heterocycles. The van der Waals surface area contributed by atoms with Crippen LogP contribution in [0.3, 0.4) is 0 Å². The quantitative estimate of drug-likeness (QED) is 0.462. The number of allylic oxidation sites excluding steroid dienone is 1. The molecule has 1 N–H and O–H groups in total. The maximum absolute atomic E-state index is 15.2. The maximum atomic E-state index is 15.2. The first-order valence-electron chi connectivity index (χ1n) is 11.2. The molecular weight excluding hydrogens is 470 g/mol. The third-order valence-corrected chi connectivity index (χ3v) is 6.68. The Morgan fingerprint density at radius 2 is 1.80 bits per heavy atom. The van der Waals surface area contributed by atoms with Crippen molar-refractivity contribution in [3.63, 3.8) is 0 Å². The largest absolute Gasteiger partial charge is 0.348 e. The highest BCUT2D eigenvalue weighted by Crippen LogP contribution is 2.35. The van der Waals surface area contributed by atoms with Gasteiger partial charge in [0.2, 0.25) is 0 Å². The van der Waals surface area contributed by atoms with E-state index < -0.39 is 11.6 Å². The zero-order chi connectivity index (χ0) is 24.7. The molecule has 0 bridgehead atoms. The van der Waals surface area contributed by atoms with Gasteiger partial charge in [-0.05, 0) is 47.4 Å². The van der Waals surface area contributed by atoms with Crippen molar-refractivity contribution in [2.75, 3.05) is 0 Å². The first-order valence-corrected chi connectivity index (χ1v) is 11.6. The van der Waals surface area contributed by atoms with Gasteiger partial charge in [0.1, 0.15) is 17.4 Å². The molecule has 4 nitrogen and oxygen atoms in total. The SMILES string of the molecule is CC1=CN=C(c2ccc(-c3ccc(CC(=O)Cc4c(F)cccc4Cl)cc3F)c3c2C(=O)NC3)C1. The Hall–Kier alpha value is -3.64. The summed E-state index contributed by atoms with van der Waals surface area (Å²) in [6.07, 6.45) is 2.25. The summed E-state index contributed by atoms with van der Waals surface area (Å²) >= 11 is 6.02. The molecule has 0 fully saturated rings. The van der Waals surface area contributed by atoms with E-state index in [0.29, 0.717) is 35.2 Å². The van der Waals surface area contributed by atoms with Gasteiger partial charge in [0, 0.05) is 53.7 Å². The Bertz CT molecular complexity index is 1440. The third-order valence-electron chi connectivity index (χ3n) is 6.32. The van der Waals surface area contributed by atoms with E-state index in [-0.39, 0.29) is 35.1 Å². The van der Waals surface area contributed by atoms with Crippen LogP contribution in [-0.2, 0) is 24.2 Å². The third kappa shape index (κ3) is 4.42. The van der Waals surface area contributed by atoms with Crippen LogP contribution in [0.4, 0.5) is 8.78 Å². The van der Waals surface area contributed by atoms with Crippen molar-refractivity contribution in [1.82, 2.24) is 5.32 Å². The summed E-state index contributed by atoms with van der Waals surface area (Å²) in [5.74, 6) is -1.50. The van der Waals surface area contributed by atoms with E-state index in [4.69, 9.17) is 11.6 Å². The molecule has 5 rings (SSSR count). The first-order chi connectivity index (χ1) is 16.8. The Morgan fingerprint density at radius 1 is 1.03 bits per heavy atom. The summed E-state index contributed by atoms with van der Waals surface area (Å²) in [5, 5.41) is 3.03. The van der Waals surface area contributed by atoms with Gasteiger partial charge < -0.3 is 5.32 Å². The molecule has 2 aliphatic rings. The molecule has 2 aliphatic heterocycles. The highest BCUT2D eigenvalue weighted by molar-refractivity contribution is 6.31. The number of carbonyl (C=O) groups excluding carboxylic acids is 2. The fraction of sp³-hybridized carbons (Fsp3) is 0.179. The molecule has 0 saturated heterocycles. The van der Waals surface area contributed by atoms with Crippen molar-refractivity contribution >= 4 is 29.0 Å². The number of Topliss-reactive ketones (excluding diaryl/α,β-unsaturated/α-hetero) is 1. The Labute approximate surface area is 206 Å². The molecule has 7 heteroatoms. The highest BCUT2D eigenvalue weighted by Gasteiger charge is 2.29. The lowest BCUT2D eigenvalue weighted by atomic mass is 9.90. The number of rotatable bonds is 6. The molecule has 0 unspecified atom stereocenters. The van der Waals surface area contributed by atoms with E-state index in [2.05, 4.69) is 10.3 Å². The number of aliphatic imine (C=N–C) groups is 1. The lowest BCUT2D eigenvalue weighted by molar-refractivity contribution is -0.117. The average Bonchev–Trinajstić information content (AvgIpc) is 3.42. The average molecular weight is 491 g/mol. The Balaban J connectivity index is 1.41. The number of benzene rings is 3. The van der Waals surface area contributed by atoms with E-state index in [9.17, 15) is 14.0 Å². The minimum absolute atomic E-state index is 0.0505. The van der Waals surface area contributed by atoms with Crippen LogP contribution in [0.1, 0.15) is 46.0 Å². The molecule has 2 heterocycles. The predicted octanol–water partition coefficient (Wildman–Crippen LogP) is 5.98. The number of fused-ring (bicyclic) bond motifs is 1. The van der Waals surface area contributed by atoms with Gasteiger partial charge in [-0.25, -0.2) is 8.78 Å². The normalized spacial score (nSPS) is 14.5. The van der Waals surface area contributed by atoms with Crippen molar-refractivity contribution < 1.29 is 18.4 Å². The number of halogens is 3.